The molecule has 1 atom stereocenters. The van der Waals surface area contributed by atoms with Gasteiger partial charge in [0.25, 0.3) is 0 Å². The molecule has 1 rings (SSSR count). The first-order valence-corrected chi connectivity index (χ1v) is 9.60. The number of ether oxygens (including phenoxy) is 1. The molecule has 1 aromatic carbocycles. The minimum absolute atomic E-state index is 0.0764. The van der Waals surface area contributed by atoms with Gasteiger partial charge in [0.15, 0.2) is 0 Å². The predicted octanol–water partition coefficient (Wildman–Crippen LogP) is 4.93. The molecule has 0 saturated heterocycles. The van der Waals surface area contributed by atoms with Crippen LogP contribution in [0.2, 0.25) is 0 Å². The van der Waals surface area contributed by atoms with Gasteiger partial charge in [0.1, 0.15) is 5.75 Å². The number of carbonyl (C=O) groups excluding carboxylic acids is 1. The highest BCUT2D eigenvalue weighted by Crippen LogP contribution is 2.26. The summed E-state index contributed by atoms with van der Waals surface area (Å²) in [6.07, 6.45) is 6.76. The summed E-state index contributed by atoms with van der Waals surface area (Å²) in [5, 5.41) is 3.16. The Hall–Kier alpha value is -1.55. The van der Waals surface area contributed by atoms with Crippen LogP contribution in [0.1, 0.15) is 63.5 Å². The molecule has 0 saturated carbocycles. The molecule has 0 radical (unpaired) electrons. The third-order valence-electron chi connectivity index (χ3n) is 4.75. The topological polar surface area (TPSA) is 41.6 Å². The van der Waals surface area contributed by atoms with E-state index in [9.17, 15) is 4.79 Å². The summed E-state index contributed by atoms with van der Waals surface area (Å²) in [4.78, 5) is 15.1. The van der Waals surface area contributed by atoms with Gasteiger partial charge in [-0.1, -0.05) is 39.5 Å². The second-order valence-electron chi connectivity index (χ2n) is 6.97. The highest BCUT2D eigenvalue weighted by Gasteiger charge is 2.23. The molecule has 0 fully saturated rings. The van der Waals surface area contributed by atoms with Crippen molar-refractivity contribution in [3.05, 3.63) is 23.3 Å². The molecule has 0 aliphatic carbocycles. The van der Waals surface area contributed by atoms with E-state index in [-0.39, 0.29) is 11.9 Å². The highest BCUT2D eigenvalue weighted by molar-refractivity contribution is 5.96. The predicted molar refractivity (Wildman–Crippen MR) is 107 cm³/mol. The smallest absolute Gasteiger partial charge is 0.241 e. The van der Waals surface area contributed by atoms with Crippen LogP contribution in [-0.2, 0) is 4.79 Å². The fourth-order valence-corrected chi connectivity index (χ4v) is 3.21. The van der Waals surface area contributed by atoms with Crippen LogP contribution < -0.4 is 10.1 Å². The van der Waals surface area contributed by atoms with Crippen LogP contribution in [0.3, 0.4) is 0 Å². The van der Waals surface area contributed by atoms with Gasteiger partial charge in [0.2, 0.25) is 5.91 Å². The molecule has 1 aromatic rings. The van der Waals surface area contributed by atoms with E-state index in [1.165, 1.54) is 19.3 Å². The molecule has 0 bridgehead atoms. The number of amides is 1. The number of methoxy groups -OCH3 is 1. The van der Waals surface area contributed by atoms with E-state index in [1.54, 1.807) is 7.11 Å². The van der Waals surface area contributed by atoms with E-state index >= 15 is 0 Å². The highest BCUT2D eigenvalue weighted by atomic mass is 16.5. The van der Waals surface area contributed by atoms with Crippen LogP contribution in [0, 0.1) is 13.8 Å². The van der Waals surface area contributed by atoms with Gasteiger partial charge >= 0.3 is 0 Å². The number of carbonyl (C=O) groups is 1. The summed E-state index contributed by atoms with van der Waals surface area (Å²) in [5.74, 6) is 0.919. The molecular weight excluding hydrogens is 312 g/mol. The lowest BCUT2D eigenvalue weighted by molar-refractivity contribution is -0.121. The third kappa shape index (κ3) is 6.69. The van der Waals surface area contributed by atoms with E-state index in [1.807, 2.05) is 26.0 Å². The summed E-state index contributed by atoms with van der Waals surface area (Å²) >= 11 is 0. The average molecular weight is 349 g/mol. The van der Waals surface area contributed by atoms with Crippen LogP contribution in [0.15, 0.2) is 12.1 Å². The Bertz CT molecular complexity index is 520. The summed E-state index contributed by atoms with van der Waals surface area (Å²) in [6.45, 7) is 9.34. The van der Waals surface area contributed by atoms with Gasteiger partial charge in [-0.2, -0.15) is 0 Å². The third-order valence-corrected chi connectivity index (χ3v) is 4.75. The fraction of sp³-hybridized carbons (Fsp3) is 0.667. The molecule has 142 valence electrons. The molecule has 1 N–H and O–H groups in total. The number of aryl methyl sites for hydroxylation is 2. The van der Waals surface area contributed by atoms with Gasteiger partial charge in [-0.25, -0.2) is 0 Å². The molecule has 0 spiro atoms. The van der Waals surface area contributed by atoms with Gasteiger partial charge in [0, 0.05) is 5.69 Å². The quantitative estimate of drug-likeness (QED) is 0.576. The monoisotopic (exact) mass is 348 g/mol. The minimum atomic E-state index is -0.0764. The maximum atomic E-state index is 12.9. The van der Waals surface area contributed by atoms with E-state index in [4.69, 9.17) is 4.74 Å². The van der Waals surface area contributed by atoms with Crippen molar-refractivity contribution >= 4 is 11.6 Å². The summed E-state index contributed by atoms with van der Waals surface area (Å²) in [5.41, 5.74) is 2.98. The Morgan fingerprint density at radius 2 is 1.76 bits per heavy atom. The summed E-state index contributed by atoms with van der Waals surface area (Å²) in [7, 11) is 3.73. The molecule has 0 aliphatic rings. The summed E-state index contributed by atoms with van der Waals surface area (Å²) < 4.78 is 5.30. The molecular formula is C21H36N2O2. The number of unbranched alkanes of at least 4 members (excludes halogenated alkanes) is 3. The Morgan fingerprint density at radius 1 is 1.12 bits per heavy atom. The van der Waals surface area contributed by atoms with Crippen LogP contribution in [0.25, 0.3) is 0 Å². The number of anilines is 1. The lowest BCUT2D eigenvalue weighted by Crippen LogP contribution is -2.42. The number of hydrogen-bond acceptors (Lipinski definition) is 3. The van der Waals surface area contributed by atoms with Gasteiger partial charge in [-0.05, 0) is 63.5 Å². The van der Waals surface area contributed by atoms with E-state index < -0.39 is 0 Å². The van der Waals surface area contributed by atoms with Gasteiger partial charge in [0.05, 0.1) is 13.2 Å². The number of hydrogen-bond donors (Lipinski definition) is 1. The SMILES string of the molecule is CCCCCCN(C)C(CCC)C(=O)Nc1c(C)cc(OC)cc1C. The number of benzene rings is 1. The Labute approximate surface area is 153 Å². The standard InChI is InChI=1S/C21H36N2O2/c1-7-9-10-11-13-23(5)19(12-8-2)21(24)22-20-16(3)14-18(25-6)15-17(20)4/h14-15,19H,7-13H2,1-6H3,(H,22,24). The van der Waals surface area contributed by atoms with E-state index in [2.05, 4.69) is 31.1 Å². The van der Waals surface area contributed by atoms with Gasteiger partial charge in [-0.3, -0.25) is 9.69 Å². The van der Waals surface area contributed by atoms with Crippen LogP contribution in [0.5, 0.6) is 5.75 Å². The van der Waals surface area contributed by atoms with Crippen molar-refractivity contribution < 1.29 is 9.53 Å². The van der Waals surface area contributed by atoms with Crippen molar-refractivity contribution in [1.82, 2.24) is 4.90 Å². The molecule has 4 heteroatoms. The lowest BCUT2D eigenvalue weighted by Gasteiger charge is -2.27. The summed E-state index contributed by atoms with van der Waals surface area (Å²) in [6, 6.07) is 3.85. The number of nitrogens with zero attached hydrogens (tertiary/aromatic N) is 1. The van der Waals surface area contributed by atoms with Crippen molar-refractivity contribution in [3.8, 4) is 5.75 Å². The Balaban J connectivity index is 2.79. The molecule has 4 nitrogen and oxygen atoms in total. The van der Waals surface area contributed by atoms with Crippen LogP contribution in [0.4, 0.5) is 5.69 Å². The van der Waals surface area contributed by atoms with Crippen molar-refractivity contribution in [2.75, 3.05) is 26.0 Å². The largest absolute Gasteiger partial charge is 0.497 e. The first kappa shape index (κ1) is 21.5. The first-order valence-electron chi connectivity index (χ1n) is 9.60. The zero-order chi connectivity index (χ0) is 18.8. The zero-order valence-corrected chi connectivity index (χ0v) is 16.9. The molecule has 0 heterocycles. The van der Waals surface area contributed by atoms with Crippen LogP contribution in [-0.4, -0.2) is 37.6 Å². The molecule has 1 unspecified atom stereocenters. The Morgan fingerprint density at radius 3 is 2.28 bits per heavy atom. The van der Waals surface area contributed by atoms with Crippen molar-refractivity contribution in [1.29, 1.82) is 0 Å². The molecule has 1 amide bonds. The van der Waals surface area contributed by atoms with Gasteiger partial charge < -0.3 is 10.1 Å². The fourth-order valence-electron chi connectivity index (χ4n) is 3.21. The van der Waals surface area contributed by atoms with E-state index in [0.717, 1.165) is 48.4 Å². The molecule has 0 aromatic heterocycles. The second-order valence-corrected chi connectivity index (χ2v) is 6.97. The average Bonchev–Trinajstić information content (AvgIpc) is 2.59. The van der Waals surface area contributed by atoms with Crippen molar-refractivity contribution in [3.63, 3.8) is 0 Å². The van der Waals surface area contributed by atoms with Gasteiger partial charge in [-0.15, -0.1) is 0 Å². The second kappa shape index (κ2) is 11.1. The van der Waals surface area contributed by atoms with Crippen LogP contribution >= 0.6 is 0 Å². The number of nitrogens with one attached hydrogen (secondary N) is 1. The Kier molecular flexibility index (Phi) is 9.58. The minimum Gasteiger partial charge on any atom is -0.497 e. The number of rotatable bonds is 11. The molecule has 25 heavy (non-hydrogen) atoms. The molecule has 0 aliphatic heterocycles. The van der Waals surface area contributed by atoms with Crippen molar-refractivity contribution in [2.24, 2.45) is 0 Å². The maximum absolute atomic E-state index is 12.9. The normalized spacial score (nSPS) is 12.3. The first-order chi connectivity index (χ1) is 11.9. The van der Waals surface area contributed by atoms with E-state index in [0.29, 0.717) is 0 Å². The maximum Gasteiger partial charge on any atom is 0.241 e. The van der Waals surface area contributed by atoms with Crippen molar-refractivity contribution in [2.45, 2.75) is 72.3 Å². The number of likely N-dealkylation sites (N-methyl/N-ethyl adjacent to an activating group) is 1. The lowest BCUT2D eigenvalue weighted by atomic mass is 10.1. The zero-order valence-electron chi connectivity index (χ0n) is 16.9.